The molecule has 29 heavy (non-hydrogen) atoms. The molecule has 8 nitrogen and oxygen atoms in total. The molecule has 1 saturated heterocycles. The van der Waals surface area contributed by atoms with Crippen molar-refractivity contribution in [1.82, 2.24) is 14.8 Å². The van der Waals surface area contributed by atoms with Crippen LogP contribution in [0.3, 0.4) is 0 Å². The van der Waals surface area contributed by atoms with E-state index in [4.69, 9.17) is 21.4 Å². The Bertz CT molecular complexity index is 815. The van der Waals surface area contributed by atoms with E-state index in [2.05, 4.69) is 9.88 Å². The summed E-state index contributed by atoms with van der Waals surface area (Å²) in [5, 5.41) is 9.53. The van der Waals surface area contributed by atoms with Gasteiger partial charge in [0.25, 0.3) is 5.91 Å². The fraction of sp³-hybridized carbons (Fsp3) is 0.500. The van der Waals surface area contributed by atoms with Crippen molar-refractivity contribution in [3.8, 4) is 0 Å². The van der Waals surface area contributed by atoms with Gasteiger partial charge in [0.05, 0.1) is 21.4 Å². The summed E-state index contributed by atoms with van der Waals surface area (Å²) in [4.78, 5) is 36.7. The molecule has 1 aromatic heterocycles. The van der Waals surface area contributed by atoms with E-state index in [1.54, 1.807) is 28.8 Å². The lowest BCUT2D eigenvalue weighted by atomic mass is 10.3. The Balaban J connectivity index is 1.52. The van der Waals surface area contributed by atoms with Crippen molar-refractivity contribution in [1.29, 1.82) is 0 Å². The van der Waals surface area contributed by atoms with Crippen LogP contribution in [0, 0.1) is 0 Å². The summed E-state index contributed by atoms with van der Waals surface area (Å²) in [5.74, 6) is 1.90. The summed E-state index contributed by atoms with van der Waals surface area (Å²) < 4.78 is 5.84. The molecule has 0 spiro atoms. The van der Waals surface area contributed by atoms with Crippen LogP contribution in [0.15, 0.2) is 28.1 Å². The van der Waals surface area contributed by atoms with E-state index in [-0.39, 0.29) is 12.5 Å². The highest BCUT2D eigenvalue weighted by atomic mass is 35.5. The number of halogens is 1. The van der Waals surface area contributed by atoms with E-state index < -0.39 is 12.3 Å². The summed E-state index contributed by atoms with van der Waals surface area (Å²) in [6.45, 7) is 3.10. The minimum atomic E-state index is -0.813. The average molecular weight is 457 g/mol. The highest BCUT2D eigenvalue weighted by Crippen LogP contribution is 2.45. The van der Waals surface area contributed by atoms with Crippen LogP contribution in [-0.2, 0) is 9.53 Å². The summed E-state index contributed by atoms with van der Waals surface area (Å²) in [6.07, 6.45) is 0.211. The maximum absolute atomic E-state index is 13.0. The van der Waals surface area contributed by atoms with E-state index in [0.717, 1.165) is 16.4 Å². The van der Waals surface area contributed by atoms with Crippen LogP contribution < -0.4 is 4.90 Å². The number of β-amino-alcohol motifs (C(OH)–C–C–N with tert-alkyl or cyclic N) is 1. The number of carbonyl (C=O) groups is 2. The zero-order valence-electron chi connectivity index (χ0n) is 15.6. The van der Waals surface area contributed by atoms with Gasteiger partial charge in [-0.3, -0.25) is 9.69 Å². The van der Waals surface area contributed by atoms with E-state index in [9.17, 15) is 9.59 Å². The lowest BCUT2D eigenvalue weighted by molar-refractivity contribution is -0.115. The second kappa shape index (κ2) is 9.13. The van der Waals surface area contributed by atoms with Crippen molar-refractivity contribution >= 4 is 52.9 Å². The van der Waals surface area contributed by atoms with Crippen molar-refractivity contribution in [3.05, 3.63) is 33.2 Å². The maximum Gasteiger partial charge on any atom is 0.412 e. The second-order valence-electron chi connectivity index (χ2n) is 6.69. The van der Waals surface area contributed by atoms with Gasteiger partial charge in [-0.05, 0) is 12.1 Å². The molecule has 4 rings (SSSR count). The molecular weight excluding hydrogens is 436 g/mol. The summed E-state index contributed by atoms with van der Waals surface area (Å²) >= 11 is 8.98. The highest BCUT2D eigenvalue weighted by molar-refractivity contribution is 8.10. The molecule has 3 aliphatic rings. The fourth-order valence-corrected chi connectivity index (χ4v) is 5.96. The number of hydrogen-bond donors (Lipinski definition) is 1. The lowest BCUT2D eigenvalue weighted by Crippen LogP contribution is -2.51. The number of thioether (sulfide) groups is 2. The number of anilines is 1. The molecule has 4 heterocycles. The Morgan fingerprint density at radius 1 is 1.24 bits per heavy atom. The Kier molecular flexibility index (Phi) is 6.55. The van der Waals surface area contributed by atoms with Crippen molar-refractivity contribution in [2.24, 2.45) is 0 Å². The molecule has 1 atom stereocenters. The molecule has 2 amide bonds. The molecule has 1 fully saturated rings. The molecule has 156 valence electrons. The molecule has 3 aliphatic heterocycles. The van der Waals surface area contributed by atoms with E-state index >= 15 is 0 Å². The van der Waals surface area contributed by atoms with Crippen LogP contribution in [0.2, 0.25) is 5.02 Å². The number of nitrogens with zero attached hydrogens (tertiary/aromatic N) is 4. The summed E-state index contributed by atoms with van der Waals surface area (Å²) in [6, 6.07) is 3.32. The number of hydrogen-bond acceptors (Lipinski definition) is 8. The number of aliphatic hydroxyl groups excluding tert-OH is 1. The van der Waals surface area contributed by atoms with Crippen LogP contribution in [0.5, 0.6) is 0 Å². The normalized spacial score (nSPS) is 22.8. The van der Waals surface area contributed by atoms with Gasteiger partial charge in [-0.25, -0.2) is 14.7 Å². The number of piperazine rings is 1. The first kappa shape index (κ1) is 20.8. The largest absolute Gasteiger partial charge is 0.420 e. The maximum atomic E-state index is 13.0. The number of ether oxygens (including phenoxy) is 1. The van der Waals surface area contributed by atoms with Gasteiger partial charge >= 0.3 is 6.09 Å². The minimum Gasteiger partial charge on any atom is -0.420 e. The third-order valence-electron chi connectivity index (χ3n) is 4.90. The van der Waals surface area contributed by atoms with Gasteiger partial charge in [-0.1, -0.05) is 11.6 Å². The number of aromatic nitrogens is 1. The number of amides is 2. The fourth-order valence-electron chi connectivity index (χ4n) is 3.42. The smallest absolute Gasteiger partial charge is 0.412 e. The van der Waals surface area contributed by atoms with Crippen LogP contribution >= 0.6 is 35.1 Å². The molecular formula is C18H21ClN4O4S2. The topological polar surface area (TPSA) is 86.2 Å². The second-order valence-corrected chi connectivity index (χ2v) is 9.37. The van der Waals surface area contributed by atoms with Crippen LogP contribution in [-0.4, -0.2) is 89.0 Å². The van der Waals surface area contributed by atoms with Crippen molar-refractivity contribution < 1.29 is 19.4 Å². The third kappa shape index (κ3) is 4.36. The predicted octanol–water partition coefficient (Wildman–Crippen LogP) is 1.85. The predicted molar refractivity (Wildman–Crippen MR) is 114 cm³/mol. The Morgan fingerprint density at radius 2 is 2.00 bits per heavy atom. The summed E-state index contributed by atoms with van der Waals surface area (Å²) in [7, 11) is 0. The van der Waals surface area contributed by atoms with E-state index in [0.29, 0.717) is 48.5 Å². The standard InChI is InChI=1S/C18H21ClN4O4S2/c19-12-1-2-13(20-11-12)23-16(25)14-15(29-10-9-28-14)17(23)27-18(26)22-5-3-21(4-6-22)7-8-24/h1-2,11,17,24H,3-10H2. The molecule has 0 aromatic carbocycles. The minimum absolute atomic E-state index is 0.101. The van der Waals surface area contributed by atoms with Gasteiger partial charge in [0.1, 0.15) is 5.82 Å². The molecule has 0 saturated carbocycles. The van der Waals surface area contributed by atoms with Gasteiger partial charge in [0, 0.05) is 50.4 Å². The SMILES string of the molecule is O=C(OC1C2=C(SCCS2)C(=O)N1c1ccc(Cl)cn1)N1CCN(CCO)CC1. The monoisotopic (exact) mass is 456 g/mol. The first-order chi connectivity index (χ1) is 14.1. The van der Waals surface area contributed by atoms with E-state index in [1.807, 2.05) is 0 Å². The first-order valence-corrected chi connectivity index (χ1v) is 11.7. The zero-order valence-corrected chi connectivity index (χ0v) is 18.0. The molecule has 1 unspecified atom stereocenters. The van der Waals surface area contributed by atoms with Crippen LogP contribution in [0.25, 0.3) is 0 Å². The zero-order chi connectivity index (χ0) is 20.4. The van der Waals surface area contributed by atoms with Crippen LogP contribution in [0.4, 0.5) is 10.6 Å². The third-order valence-corrected chi connectivity index (χ3v) is 7.73. The Hall–Kier alpha value is -1.46. The van der Waals surface area contributed by atoms with Gasteiger partial charge < -0.3 is 14.7 Å². The molecule has 11 heteroatoms. The molecule has 0 bridgehead atoms. The number of carbonyl (C=O) groups excluding carboxylic acids is 2. The highest BCUT2D eigenvalue weighted by Gasteiger charge is 2.45. The van der Waals surface area contributed by atoms with Gasteiger partial charge in [-0.2, -0.15) is 0 Å². The average Bonchev–Trinajstić information content (AvgIpc) is 3.01. The number of rotatable bonds is 4. The van der Waals surface area contributed by atoms with Crippen molar-refractivity contribution in [2.45, 2.75) is 6.23 Å². The van der Waals surface area contributed by atoms with Crippen molar-refractivity contribution in [2.75, 3.05) is 55.7 Å². The van der Waals surface area contributed by atoms with Crippen molar-refractivity contribution in [3.63, 3.8) is 0 Å². The molecule has 1 N–H and O–H groups in total. The number of aliphatic hydroxyl groups is 1. The Labute approximate surface area is 182 Å². The quantitative estimate of drug-likeness (QED) is 0.734. The number of pyridine rings is 1. The summed E-state index contributed by atoms with van der Waals surface area (Å²) in [5.41, 5.74) is 0. The molecule has 1 aromatic rings. The van der Waals surface area contributed by atoms with E-state index in [1.165, 1.54) is 22.9 Å². The molecule has 0 radical (unpaired) electrons. The first-order valence-electron chi connectivity index (χ1n) is 9.32. The van der Waals surface area contributed by atoms with Gasteiger partial charge in [-0.15, -0.1) is 23.5 Å². The van der Waals surface area contributed by atoms with Gasteiger partial charge in [0.15, 0.2) is 0 Å². The Morgan fingerprint density at radius 3 is 2.69 bits per heavy atom. The molecule has 0 aliphatic carbocycles. The van der Waals surface area contributed by atoms with Gasteiger partial charge in [0.2, 0.25) is 6.23 Å². The lowest BCUT2D eigenvalue weighted by Gasteiger charge is -2.35. The van der Waals surface area contributed by atoms with Crippen LogP contribution in [0.1, 0.15) is 0 Å².